The fourth-order valence-electron chi connectivity index (χ4n) is 1.23. The summed E-state index contributed by atoms with van der Waals surface area (Å²) in [4.78, 5) is 10.8. The molecule has 0 saturated carbocycles. The van der Waals surface area contributed by atoms with Crippen LogP contribution in [0.4, 0.5) is 0 Å². The maximum absolute atomic E-state index is 10.8. The lowest BCUT2D eigenvalue weighted by Crippen LogP contribution is -2.07. The van der Waals surface area contributed by atoms with E-state index in [1.807, 2.05) is 31.2 Å². The smallest absolute Gasteiger partial charge is 0.224 e. The van der Waals surface area contributed by atoms with Crippen molar-refractivity contribution in [2.45, 2.75) is 13.3 Å². The number of ether oxygens (including phenoxy) is 1. The van der Waals surface area contributed by atoms with Gasteiger partial charge in [0.15, 0.2) is 0 Å². The van der Waals surface area contributed by atoms with Crippen LogP contribution in [0, 0.1) is 5.92 Å². The van der Waals surface area contributed by atoms with Crippen LogP contribution in [0.1, 0.15) is 12.5 Å². The topological polar surface area (TPSA) is 26.3 Å². The molecule has 0 spiro atoms. The van der Waals surface area contributed by atoms with Crippen molar-refractivity contribution in [1.82, 2.24) is 0 Å². The third-order valence-corrected chi connectivity index (χ3v) is 2.44. The molecule has 1 rings (SSSR count). The van der Waals surface area contributed by atoms with Crippen molar-refractivity contribution in [2.75, 3.05) is 7.11 Å². The third kappa shape index (κ3) is 3.04. The second kappa shape index (κ2) is 5.01. The van der Waals surface area contributed by atoms with E-state index in [4.69, 9.17) is 16.3 Å². The molecule has 0 aliphatic heterocycles. The number of hydrogen-bond acceptors (Lipinski definition) is 2. The molecule has 1 unspecified atom stereocenters. The van der Waals surface area contributed by atoms with Gasteiger partial charge in [0, 0.05) is 5.92 Å². The van der Waals surface area contributed by atoms with Gasteiger partial charge >= 0.3 is 0 Å². The molecule has 0 amide bonds. The molecule has 0 aromatic heterocycles. The predicted octanol–water partition coefficient (Wildman–Crippen LogP) is 2.64. The Kier molecular flexibility index (Phi) is 3.96. The summed E-state index contributed by atoms with van der Waals surface area (Å²) in [6.07, 6.45) is 0.652. The molecule has 0 radical (unpaired) electrons. The van der Waals surface area contributed by atoms with Crippen LogP contribution in [0.2, 0.25) is 0 Å². The van der Waals surface area contributed by atoms with Crippen molar-refractivity contribution in [1.29, 1.82) is 0 Å². The maximum atomic E-state index is 10.8. The first-order valence-electron chi connectivity index (χ1n) is 4.45. The van der Waals surface area contributed by atoms with Gasteiger partial charge in [-0.05, 0) is 35.7 Å². The SMILES string of the molecule is COc1cccc(CC(C)C(=O)Cl)c1. The molecule has 76 valence electrons. The van der Waals surface area contributed by atoms with Crippen molar-refractivity contribution in [3.8, 4) is 5.75 Å². The highest BCUT2D eigenvalue weighted by atomic mass is 35.5. The highest BCUT2D eigenvalue weighted by Gasteiger charge is 2.10. The lowest BCUT2D eigenvalue weighted by Gasteiger charge is -2.07. The van der Waals surface area contributed by atoms with Gasteiger partial charge in [0.25, 0.3) is 0 Å². The van der Waals surface area contributed by atoms with Crippen LogP contribution >= 0.6 is 11.6 Å². The number of halogens is 1. The molecule has 1 aromatic carbocycles. The van der Waals surface area contributed by atoms with Crippen LogP contribution in [0.15, 0.2) is 24.3 Å². The molecular weight excluding hydrogens is 200 g/mol. The summed E-state index contributed by atoms with van der Waals surface area (Å²) >= 11 is 5.38. The van der Waals surface area contributed by atoms with Crippen LogP contribution in [0.3, 0.4) is 0 Å². The molecular formula is C11H13ClO2. The first-order chi connectivity index (χ1) is 6.63. The molecule has 0 N–H and O–H groups in total. The largest absolute Gasteiger partial charge is 0.497 e. The summed E-state index contributed by atoms with van der Waals surface area (Å²) in [6, 6.07) is 7.64. The van der Waals surface area contributed by atoms with E-state index in [9.17, 15) is 4.79 Å². The molecule has 0 aliphatic carbocycles. The van der Waals surface area contributed by atoms with Crippen molar-refractivity contribution < 1.29 is 9.53 Å². The zero-order valence-electron chi connectivity index (χ0n) is 8.29. The van der Waals surface area contributed by atoms with E-state index in [2.05, 4.69) is 0 Å². The van der Waals surface area contributed by atoms with Gasteiger partial charge in [0.05, 0.1) is 7.11 Å². The van der Waals surface area contributed by atoms with Gasteiger partial charge in [-0.3, -0.25) is 4.79 Å². The van der Waals surface area contributed by atoms with Gasteiger partial charge < -0.3 is 4.74 Å². The van der Waals surface area contributed by atoms with Crippen LogP contribution in [0.5, 0.6) is 5.75 Å². The van der Waals surface area contributed by atoms with E-state index in [-0.39, 0.29) is 11.2 Å². The first kappa shape index (κ1) is 11.1. The quantitative estimate of drug-likeness (QED) is 0.718. The number of methoxy groups -OCH3 is 1. The minimum atomic E-state index is -0.298. The normalized spacial score (nSPS) is 12.2. The van der Waals surface area contributed by atoms with Gasteiger partial charge in [-0.15, -0.1) is 0 Å². The van der Waals surface area contributed by atoms with Crippen LogP contribution < -0.4 is 4.74 Å². The summed E-state index contributed by atoms with van der Waals surface area (Å²) in [5, 5.41) is -0.298. The molecule has 14 heavy (non-hydrogen) atoms. The van der Waals surface area contributed by atoms with Gasteiger partial charge in [-0.1, -0.05) is 19.1 Å². The molecule has 1 aromatic rings. The fraction of sp³-hybridized carbons (Fsp3) is 0.364. The van der Waals surface area contributed by atoms with Crippen molar-refractivity contribution in [2.24, 2.45) is 5.92 Å². The monoisotopic (exact) mass is 212 g/mol. The summed E-state index contributed by atoms with van der Waals surface area (Å²) in [5.41, 5.74) is 1.06. The third-order valence-electron chi connectivity index (χ3n) is 2.06. The summed E-state index contributed by atoms with van der Waals surface area (Å²) in [5.74, 6) is 0.653. The van der Waals surface area contributed by atoms with E-state index in [1.54, 1.807) is 7.11 Å². The van der Waals surface area contributed by atoms with Gasteiger partial charge in [-0.2, -0.15) is 0 Å². The van der Waals surface area contributed by atoms with Crippen LogP contribution in [0.25, 0.3) is 0 Å². The highest BCUT2D eigenvalue weighted by Crippen LogP contribution is 2.16. The van der Waals surface area contributed by atoms with Gasteiger partial charge in [0.2, 0.25) is 5.24 Å². The lowest BCUT2D eigenvalue weighted by atomic mass is 10.0. The van der Waals surface area contributed by atoms with Crippen LogP contribution in [-0.2, 0) is 11.2 Å². The number of rotatable bonds is 4. The average Bonchev–Trinajstić information content (AvgIpc) is 2.18. The van der Waals surface area contributed by atoms with Crippen molar-refractivity contribution >= 4 is 16.8 Å². The van der Waals surface area contributed by atoms with E-state index >= 15 is 0 Å². The lowest BCUT2D eigenvalue weighted by molar-refractivity contribution is -0.114. The minimum absolute atomic E-state index is 0.149. The van der Waals surface area contributed by atoms with Gasteiger partial charge in [-0.25, -0.2) is 0 Å². The number of benzene rings is 1. The summed E-state index contributed by atoms with van der Waals surface area (Å²) in [7, 11) is 1.62. The summed E-state index contributed by atoms with van der Waals surface area (Å²) in [6.45, 7) is 1.81. The molecule has 0 heterocycles. The Labute approximate surface area is 88.8 Å². The van der Waals surface area contributed by atoms with Crippen molar-refractivity contribution in [3.63, 3.8) is 0 Å². The van der Waals surface area contributed by atoms with Crippen LogP contribution in [-0.4, -0.2) is 12.4 Å². The number of carbonyl (C=O) groups excluding carboxylic acids is 1. The fourth-order valence-corrected chi connectivity index (χ4v) is 1.31. The molecule has 0 saturated heterocycles. The zero-order chi connectivity index (χ0) is 10.6. The van der Waals surface area contributed by atoms with E-state index in [1.165, 1.54) is 0 Å². The maximum Gasteiger partial charge on any atom is 0.224 e. The minimum Gasteiger partial charge on any atom is -0.497 e. The molecule has 2 nitrogen and oxygen atoms in total. The molecule has 3 heteroatoms. The zero-order valence-corrected chi connectivity index (χ0v) is 9.04. The second-order valence-corrected chi connectivity index (χ2v) is 3.63. The van der Waals surface area contributed by atoms with Gasteiger partial charge in [0.1, 0.15) is 5.75 Å². The van der Waals surface area contributed by atoms with Crippen molar-refractivity contribution in [3.05, 3.63) is 29.8 Å². The Hall–Kier alpha value is -1.02. The molecule has 0 fully saturated rings. The number of hydrogen-bond donors (Lipinski definition) is 0. The Balaban J connectivity index is 2.71. The first-order valence-corrected chi connectivity index (χ1v) is 4.83. The second-order valence-electron chi connectivity index (χ2n) is 3.26. The summed E-state index contributed by atoms with van der Waals surface area (Å²) < 4.78 is 5.08. The molecule has 0 aliphatic rings. The predicted molar refractivity (Wildman–Crippen MR) is 56.7 cm³/mol. The Morgan fingerprint density at radius 2 is 2.29 bits per heavy atom. The Morgan fingerprint density at radius 1 is 1.57 bits per heavy atom. The van der Waals surface area contributed by atoms with E-state index in [0.29, 0.717) is 6.42 Å². The standard InChI is InChI=1S/C11H13ClO2/c1-8(11(12)13)6-9-4-3-5-10(7-9)14-2/h3-5,7-8H,6H2,1-2H3. The van der Waals surface area contributed by atoms with E-state index < -0.39 is 0 Å². The van der Waals surface area contributed by atoms with E-state index in [0.717, 1.165) is 11.3 Å². The number of carbonyl (C=O) groups is 1. The highest BCUT2D eigenvalue weighted by molar-refractivity contribution is 6.63. The molecule has 1 atom stereocenters. The Bertz CT molecular complexity index is 323. The molecule has 0 bridgehead atoms. The Morgan fingerprint density at radius 3 is 2.86 bits per heavy atom. The average molecular weight is 213 g/mol.